The summed E-state index contributed by atoms with van der Waals surface area (Å²) >= 11 is 5.89. The van der Waals surface area contributed by atoms with Crippen molar-refractivity contribution in [2.45, 2.75) is 20.8 Å². The summed E-state index contributed by atoms with van der Waals surface area (Å²) < 4.78 is 12.5. The Morgan fingerprint density at radius 3 is 2.66 bits per heavy atom. The van der Waals surface area contributed by atoms with Gasteiger partial charge in [0.1, 0.15) is 5.75 Å². The summed E-state index contributed by atoms with van der Waals surface area (Å²) in [7, 11) is 0. The number of carbonyl (C=O) groups excluding carboxylic acids is 2. The monoisotopic (exact) mass is 453 g/mol. The summed E-state index contributed by atoms with van der Waals surface area (Å²) in [5.41, 5.74) is 6.48. The number of esters is 1. The Bertz CT molecular complexity index is 1150. The predicted molar refractivity (Wildman–Crippen MR) is 124 cm³/mol. The minimum Gasteiger partial charge on any atom is -0.484 e. The Kier molecular flexibility index (Phi) is 7.68. The molecule has 0 aliphatic heterocycles. The number of carbonyl (C=O) groups is 2. The van der Waals surface area contributed by atoms with Crippen LogP contribution in [0.15, 0.2) is 59.7 Å². The molecule has 8 heteroatoms. The molecular weight excluding hydrogens is 430 g/mol. The van der Waals surface area contributed by atoms with Crippen molar-refractivity contribution in [3.05, 3.63) is 82.1 Å². The van der Waals surface area contributed by atoms with Gasteiger partial charge in [0.25, 0.3) is 5.91 Å². The highest BCUT2D eigenvalue weighted by Crippen LogP contribution is 2.21. The molecule has 1 amide bonds. The van der Waals surface area contributed by atoms with Gasteiger partial charge in [0.05, 0.1) is 18.4 Å². The topological polar surface area (TPSA) is 81.9 Å². The molecule has 2 aromatic carbocycles. The lowest BCUT2D eigenvalue weighted by molar-refractivity contribution is -0.123. The van der Waals surface area contributed by atoms with E-state index in [1.807, 2.05) is 36.6 Å². The molecule has 0 aliphatic rings. The molecular formula is C24H24ClN3O4. The minimum atomic E-state index is -0.392. The SMILES string of the molecule is CCOC(=O)c1cccc(-n2c(C)cc(/C=N/NC(=O)COc3cccc(Cl)c3)c2C)c1. The van der Waals surface area contributed by atoms with Gasteiger partial charge in [-0.3, -0.25) is 4.79 Å². The van der Waals surface area contributed by atoms with Crippen molar-refractivity contribution in [2.75, 3.05) is 13.2 Å². The molecule has 1 N–H and O–H groups in total. The van der Waals surface area contributed by atoms with E-state index in [0.29, 0.717) is 22.9 Å². The first-order valence-electron chi connectivity index (χ1n) is 10.1. The van der Waals surface area contributed by atoms with Crippen LogP contribution in [0.5, 0.6) is 5.75 Å². The van der Waals surface area contributed by atoms with Gasteiger partial charge >= 0.3 is 5.97 Å². The number of aryl methyl sites for hydroxylation is 1. The van der Waals surface area contributed by atoms with Gasteiger partial charge in [-0.1, -0.05) is 23.7 Å². The lowest BCUT2D eigenvalue weighted by atomic mass is 10.2. The number of nitrogens with zero attached hydrogens (tertiary/aromatic N) is 2. The van der Waals surface area contributed by atoms with Gasteiger partial charge in [-0.25, -0.2) is 10.2 Å². The zero-order valence-corrected chi connectivity index (χ0v) is 18.8. The Hall–Kier alpha value is -3.58. The van der Waals surface area contributed by atoms with Crippen molar-refractivity contribution in [2.24, 2.45) is 5.10 Å². The number of hydrazone groups is 1. The third-order valence-electron chi connectivity index (χ3n) is 4.64. The molecule has 0 spiro atoms. The Morgan fingerprint density at radius 2 is 1.91 bits per heavy atom. The normalized spacial score (nSPS) is 10.9. The summed E-state index contributed by atoms with van der Waals surface area (Å²) in [6, 6.07) is 16.0. The number of ether oxygens (including phenoxy) is 2. The van der Waals surface area contributed by atoms with E-state index in [1.165, 1.54) is 0 Å². The molecule has 0 saturated heterocycles. The quantitative estimate of drug-likeness (QED) is 0.310. The average Bonchev–Trinajstić information content (AvgIpc) is 3.05. The van der Waals surface area contributed by atoms with Crippen LogP contribution in [0.2, 0.25) is 5.02 Å². The highest BCUT2D eigenvalue weighted by atomic mass is 35.5. The molecule has 3 rings (SSSR count). The van der Waals surface area contributed by atoms with E-state index in [9.17, 15) is 9.59 Å². The summed E-state index contributed by atoms with van der Waals surface area (Å²) in [6.07, 6.45) is 1.57. The minimum absolute atomic E-state index is 0.183. The predicted octanol–water partition coefficient (Wildman–Crippen LogP) is 4.45. The Labute approximate surface area is 191 Å². The van der Waals surface area contributed by atoms with Gasteiger partial charge in [-0.2, -0.15) is 5.10 Å². The highest BCUT2D eigenvalue weighted by molar-refractivity contribution is 6.30. The van der Waals surface area contributed by atoms with Crippen molar-refractivity contribution in [3.63, 3.8) is 0 Å². The number of rotatable bonds is 8. The molecule has 0 unspecified atom stereocenters. The number of hydrogen-bond acceptors (Lipinski definition) is 5. The Balaban J connectivity index is 1.67. The summed E-state index contributed by atoms with van der Waals surface area (Å²) in [5.74, 6) is -0.247. The van der Waals surface area contributed by atoms with Gasteiger partial charge in [0.15, 0.2) is 6.61 Å². The van der Waals surface area contributed by atoms with E-state index in [1.54, 1.807) is 49.5 Å². The maximum Gasteiger partial charge on any atom is 0.338 e. The number of halogens is 1. The third-order valence-corrected chi connectivity index (χ3v) is 4.88. The van der Waals surface area contributed by atoms with E-state index in [-0.39, 0.29) is 12.6 Å². The fourth-order valence-corrected chi connectivity index (χ4v) is 3.39. The van der Waals surface area contributed by atoms with E-state index in [0.717, 1.165) is 22.6 Å². The van der Waals surface area contributed by atoms with E-state index >= 15 is 0 Å². The van der Waals surface area contributed by atoms with Crippen LogP contribution in [0.4, 0.5) is 0 Å². The molecule has 1 aromatic heterocycles. The van der Waals surface area contributed by atoms with Crippen LogP contribution in [-0.2, 0) is 9.53 Å². The molecule has 0 saturated carbocycles. The zero-order chi connectivity index (χ0) is 23.1. The standard InChI is InChI=1S/C24H24ClN3O4/c1-4-31-24(30)18-7-5-9-21(12-18)28-16(2)11-19(17(28)3)14-26-27-23(29)15-32-22-10-6-8-20(25)13-22/h5-14H,4,15H2,1-3H3,(H,27,29)/b26-14+. The second-order valence-corrected chi connectivity index (χ2v) is 7.41. The first kappa shape index (κ1) is 23.1. The fourth-order valence-electron chi connectivity index (χ4n) is 3.21. The van der Waals surface area contributed by atoms with Crippen molar-refractivity contribution in [1.82, 2.24) is 9.99 Å². The second-order valence-electron chi connectivity index (χ2n) is 6.97. The van der Waals surface area contributed by atoms with Gasteiger partial charge in [-0.05, 0) is 63.2 Å². The summed E-state index contributed by atoms with van der Waals surface area (Å²) in [4.78, 5) is 24.1. The second kappa shape index (κ2) is 10.6. The molecule has 0 bridgehead atoms. The number of amides is 1. The van der Waals surface area contributed by atoms with Crippen LogP contribution in [0.3, 0.4) is 0 Å². The van der Waals surface area contributed by atoms with Crippen LogP contribution >= 0.6 is 11.6 Å². The molecule has 0 atom stereocenters. The largest absolute Gasteiger partial charge is 0.484 e. The van der Waals surface area contributed by atoms with Gasteiger partial charge in [-0.15, -0.1) is 0 Å². The lowest BCUT2D eigenvalue weighted by Crippen LogP contribution is -2.24. The smallest absolute Gasteiger partial charge is 0.338 e. The number of hydrogen-bond donors (Lipinski definition) is 1. The van der Waals surface area contributed by atoms with Crippen molar-refractivity contribution in [1.29, 1.82) is 0 Å². The van der Waals surface area contributed by atoms with E-state index in [4.69, 9.17) is 21.1 Å². The highest BCUT2D eigenvalue weighted by Gasteiger charge is 2.12. The van der Waals surface area contributed by atoms with Gasteiger partial charge in [0, 0.05) is 27.7 Å². The van der Waals surface area contributed by atoms with Crippen LogP contribution in [0.1, 0.15) is 34.2 Å². The lowest BCUT2D eigenvalue weighted by Gasteiger charge is -2.11. The van der Waals surface area contributed by atoms with Crippen molar-refractivity contribution >= 4 is 29.7 Å². The van der Waals surface area contributed by atoms with E-state index in [2.05, 4.69) is 10.5 Å². The fraction of sp³-hybridized carbons (Fsp3) is 0.208. The van der Waals surface area contributed by atoms with Crippen LogP contribution in [0, 0.1) is 13.8 Å². The summed E-state index contributed by atoms with van der Waals surface area (Å²) in [5, 5.41) is 4.56. The van der Waals surface area contributed by atoms with Crippen molar-refractivity contribution in [3.8, 4) is 11.4 Å². The number of aromatic nitrogens is 1. The maximum absolute atomic E-state index is 12.1. The van der Waals surface area contributed by atoms with Gasteiger partial charge < -0.3 is 14.0 Å². The van der Waals surface area contributed by atoms with Gasteiger partial charge in [0.2, 0.25) is 0 Å². The first-order valence-corrected chi connectivity index (χ1v) is 10.4. The molecule has 0 fully saturated rings. The van der Waals surface area contributed by atoms with Crippen molar-refractivity contribution < 1.29 is 19.1 Å². The third kappa shape index (κ3) is 5.76. The average molecular weight is 454 g/mol. The van der Waals surface area contributed by atoms with E-state index < -0.39 is 5.91 Å². The zero-order valence-electron chi connectivity index (χ0n) is 18.1. The van der Waals surface area contributed by atoms with Crippen LogP contribution < -0.4 is 10.2 Å². The van der Waals surface area contributed by atoms with Crippen LogP contribution in [0.25, 0.3) is 5.69 Å². The molecule has 0 aliphatic carbocycles. The van der Waals surface area contributed by atoms with Crippen LogP contribution in [-0.4, -0.2) is 35.9 Å². The Morgan fingerprint density at radius 1 is 1.12 bits per heavy atom. The number of nitrogens with one attached hydrogen (secondary N) is 1. The molecule has 3 aromatic rings. The number of benzene rings is 2. The maximum atomic E-state index is 12.1. The molecule has 32 heavy (non-hydrogen) atoms. The first-order chi connectivity index (χ1) is 15.4. The molecule has 166 valence electrons. The molecule has 1 heterocycles. The molecule has 0 radical (unpaired) electrons. The summed E-state index contributed by atoms with van der Waals surface area (Å²) in [6.45, 7) is 5.81. The molecule has 7 nitrogen and oxygen atoms in total.